The zero-order valence-corrected chi connectivity index (χ0v) is 20.7. The Kier molecular flexibility index (Phi) is 4.64. The first kappa shape index (κ1) is 21.2. The summed E-state index contributed by atoms with van der Waals surface area (Å²) in [5, 5.41) is 5.45. The summed E-state index contributed by atoms with van der Waals surface area (Å²) in [6.45, 7) is 0. The van der Waals surface area contributed by atoms with Crippen LogP contribution < -0.4 is 4.90 Å². The molecule has 3 aliphatic rings. The van der Waals surface area contributed by atoms with Crippen LogP contribution in [0.5, 0.6) is 0 Å². The van der Waals surface area contributed by atoms with Crippen LogP contribution in [0.4, 0.5) is 11.5 Å². The molecular weight excluding hydrogens is 466 g/mol. The van der Waals surface area contributed by atoms with E-state index >= 15 is 0 Å². The Balaban J connectivity index is 1.31. The summed E-state index contributed by atoms with van der Waals surface area (Å²) in [5.41, 5.74) is 11.4. The normalized spacial score (nSPS) is 17.4. The first-order chi connectivity index (χ1) is 18.9. The zero-order valence-electron chi connectivity index (χ0n) is 20.7. The maximum absolute atomic E-state index is 5.45. The van der Waals surface area contributed by atoms with Crippen molar-refractivity contribution in [2.24, 2.45) is 0 Å². The Bertz CT molecular complexity index is 1790. The Morgan fingerprint density at radius 3 is 2.61 bits per heavy atom. The minimum atomic E-state index is -0.0526. The number of benzene rings is 2. The van der Waals surface area contributed by atoms with E-state index in [0.29, 0.717) is 0 Å². The van der Waals surface area contributed by atoms with Crippen LogP contribution in [-0.2, 0) is 0 Å². The number of para-hydroxylation sites is 1. The molecule has 3 aromatic heterocycles. The van der Waals surface area contributed by atoms with Gasteiger partial charge in [-0.1, -0.05) is 66.7 Å². The molecule has 1 atom stereocenters. The maximum atomic E-state index is 5.45. The Morgan fingerprint density at radius 1 is 0.868 bits per heavy atom. The molecule has 182 valence electrons. The van der Waals surface area contributed by atoms with Crippen LogP contribution in [0.2, 0.25) is 0 Å². The van der Waals surface area contributed by atoms with Gasteiger partial charge in [0.2, 0.25) is 0 Å². The molecule has 2 aromatic carbocycles. The molecule has 5 aromatic rings. The summed E-state index contributed by atoms with van der Waals surface area (Å²) < 4.78 is 2.26. The third kappa shape index (κ3) is 3.12. The van der Waals surface area contributed by atoms with Gasteiger partial charge in [-0.3, -0.25) is 9.97 Å². The van der Waals surface area contributed by atoms with E-state index in [-0.39, 0.29) is 6.04 Å². The number of fused-ring (bicyclic) bond motifs is 6. The van der Waals surface area contributed by atoms with E-state index < -0.39 is 0 Å². The molecule has 0 fully saturated rings. The predicted molar refractivity (Wildman–Crippen MR) is 153 cm³/mol. The summed E-state index contributed by atoms with van der Waals surface area (Å²) in [5.74, 6) is 0.954. The van der Waals surface area contributed by atoms with E-state index in [0.717, 1.165) is 52.1 Å². The number of hydrogen-bond donors (Lipinski definition) is 0. The van der Waals surface area contributed by atoms with Gasteiger partial charge in [0.25, 0.3) is 0 Å². The summed E-state index contributed by atoms with van der Waals surface area (Å²) in [6, 6.07) is 25.5. The van der Waals surface area contributed by atoms with Crippen LogP contribution in [0.1, 0.15) is 30.0 Å². The Labute approximate surface area is 221 Å². The number of anilines is 1. The highest BCUT2D eigenvalue weighted by Gasteiger charge is 2.36. The molecule has 0 N–H and O–H groups in total. The lowest BCUT2D eigenvalue weighted by Crippen LogP contribution is -2.20. The van der Waals surface area contributed by atoms with E-state index in [2.05, 4.69) is 99.4 Å². The molecule has 0 bridgehead atoms. The van der Waals surface area contributed by atoms with Gasteiger partial charge in [0.1, 0.15) is 0 Å². The number of nitrogens with zero attached hydrogens (tertiary/aromatic N) is 5. The molecular formula is C33H24N5-. The van der Waals surface area contributed by atoms with Crippen molar-refractivity contribution in [3.05, 3.63) is 137 Å². The van der Waals surface area contributed by atoms with Crippen molar-refractivity contribution in [3.8, 4) is 16.8 Å². The molecule has 0 saturated carbocycles. The van der Waals surface area contributed by atoms with Crippen molar-refractivity contribution in [3.63, 3.8) is 0 Å². The lowest BCUT2D eigenvalue weighted by Gasteiger charge is -2.34. The smallest absolute Gasteiger partial charge is 0.0736 e. The van der Waals surface area contributed by atoms with Gasteiger partial charge in [-0.05, 0) is 76.9 Å². The van der Waals surface area contributed by atoms with Gasteiger partial charge in [0.05, 0.1) is 5.52 Å². The van der Waals surface area contributed by atoms with Gasteiger partial charge < -0.3 is 14.8 Å². The molecule has 5 nitrogen and oxygen atoms in total. The van der Waals surface area contributed by atoms with Crippen LogP contribution in [0.3, 0.4) is 0 Å². The van der Waals surface area contributed by atoms with Crippen molar-refractivity contribution in [1.29, 1.82) is 0 Å². The van der Waals surface area contributed by atoms with Crippen molar-refractivity contribution in [2.75, 3.05) is 4.90 Å². The fourth-order valence-electron chi connectivity index (χ4n) is 5.97. The van der Waals surface area contributed by atoms with Crippen LogP contribution in [0, 0.1) is 0 Å². The predicted octanol–water partition coefficient (Wildman–Crippen LogP) is 8.24. The number of pyridine rings is 2. The number of allylic oxidation sites excluding steroid dienone is 4. The first-order valence-electron chi connectivity index (χ1n) is 13.0. The molecule has 0 spiro atoms. The summed E-state index contributed by atoms with van der Waals surface area (Å²) in [6.07, 6.45) is 16.6. The van der Waals surface area contributed by atoms with Gasteiger partial charge in [-0.2, -0.15) is 0 Å². The molecule has 2 aliphatic heterocycles. The Morgan fingerprint density at radius 2 is 1.76 bits per heavy atom. The van der Waals surface area contributed by atoms with Crippen molar-refractivity contribution < 1.29 is 0 Å². The van der Waals surface area contributed by atoms with Crippen molar-refractivity contribution in [1.82, 2.24) is 14.5 Å². The number of rotatable bonds is 3. The lowest BCUT2D eigenvalue weighted by atomic mass is 10.0. The molecule has 5 heteroatoms. The van der Waals surface area contributed by atoms with Gasteiger partial charge >= 0.3 is 0 Å². The molecule has 0 saturated heterocycles. The van der Waals surface area contributed by atoms with Gasteiger partial charge in [-0.15, -0.1) is 0 Å². The Hall–Kier alpha value is -4.90. The average Bonchev–Trinajstić information content (AvgIpc) is 3.49. The van der Waals surface area contributed by atoms with Crippen LogP contribution in [0.25, 0.3) is 39.2 Å². The summed E-state index contributed by atoms with van der Waals surface area (Å²) in [7, 11) is 0. The van der Waals surface area contributed by atoms with Gasteiger partial charge in [0.15, 0.2) is 0 Å². The van der Waals surface area contributed by atoms with Crippen molar-refractivity contribution in [2.45, 2.75) is 18.9 Å². The van der Waals surface area contributed by atoms with Crippen LogP contribution in [-0.4, -0.2) is 14.5 Å². The molecule has 1 aliphatic carbocycles. The molecule has 0 amide bonds. The largest absolute Gasteiger partial charge is 0.452 e. The van der Waals surface area contributed by atoms with E-state index in [1.807, 2.05) is 24.5 Å². The second kappa shape index (κ2) is 8.32. The number of aromatic nitrogens is 3. The second-order valence-corrected chi connectivity index (χ2v) is 9.85. The minimum Gasteiger partial charge on any atom is -0.452 e. The third-order valence-corrected chi connectivity index (χ3v) is 7.69. The highest BCUT2D eigenvalue weighted by molar-refractivity contribution is 6.00. The fraction of sp³-hybridized carbons (Fsp3) is 0.0909. The van der Waals surface area contributed by atoms with Crippen molar-refractivity contribution >= 4 is 28.6 Å². The molecule has 1 unspecified atom stereocenters. The van der Waals surface area contributed by atoms with Crippen LogP contribution in [0.15, 0.2) is 121 Å². The van der Waals surface area contributed by atoms with E-state index in [9.17, 15) is 0 Å². The lowest BCUT2D eigenvalue weighted by molar-refractivity contribution is 0.875. The zero-order chi connectivity index (χ0) is 25.1. The quantitative estimate of drug-likeness (QED) is 0.256. The molecule has 0 radical (unpaired) electrons. The SMILES string of the molecule is C1=CCCC(N2C3=Cc4c(n(-c5ccc(-c6cccnc6)cc5)c5cccnc45)[N-]C3c3ccccc32)=C1. The van der Waals surface area contributed by atoms with Crippen LogP contribution >= 0.6 is 0 Å². The van der Waals surface area contributed by atoms with E-state index in [4.69, 9.17) is 10.3 Å². The van der Waals surface area contributed by atoms with E-state index in [1.165, 1.54) is 22.6 Å². The highest BCUT2D eigenvalue weighted by Crippen LogP contribution is 2.57. The average molecular weight is 491 g/mol. The van der Waals surface area contributed by atoms with Gasteiger partial charge in [-0.25, -0.2) is 0 Å². The van der Waals surface area contributed by atoms with E-state index in [1.54, 1.807) is 6.20 Å². The minimum absolute atomic E-state index is 0.0526. The van der Waals surface area contributed by atoms with Gasteiger partial charge in [0, 0.05) is 47.3 Å². The fourth-order valence-corrected chi connectivity index (χ4v) is 5.97. The third-order valence-electron chi connectivity index (χ3n) is 7.69. The summed E-state index contributed by atoms with van der Waals surface area (Å²) >= 11 is 0. The second-order valence-electron chi connectivity index (χ2n) is 9.85. The molecule has 38 heavy (non-hydrogen) atoms. The molecule has 5 heterocycles. The first-order valence-corrected chi connectivity index (χ1v) is 13.0. The highest BCUT2D eigenvalue weighted by atomic mass is 15.3. The standard InChI is InChI=1S/C33H24N5/c1-2-9-24(10-3-1)37-28-12-5-4-11-26(28)32-30(37)20-27-31-29(13-7-19-35-31)38(33(27)36-32)25-16-14-22(15-17-25)23-8-6-18-34-21-23/h1-2,4-9,11-21,32H,3,10H2/q-1. The molecule has 8 rings (SSSR count). The number of hydrogen-bond acceptors (Lipinski definition) is 3. The monoisotopic (exact) mass is 490 g/mol. The summed E-state index contributed by atoms with van der Waals surface area (Å²) in [4.78, 5) is 11.5. The maximum Gasteiger partial charge on any atom is 0.0736 e. The topological polar surface area (TPSA) is 48.1 Å².